The zero-order chi connectivity index (χ0) is 20.1. The second-order valence-corrected chi connectivity index (χ2v) is 7.31. The second-order valence-electron chi connectivity index (χ2n) is 7.31. The Morgan fingerprint density at radius 1 is 1.17 bits per heavy atom. The molecule has 1 aromatic heterocycles. The van der Waals surface area contributed by atoms with Crippen molar-refractivity contribution in [2.45, 2.75) is 25.6 Å². The first-order valence-corrected chi connectivity index (χ1v) is 9.78. The quantitative estimate of drug-likeness (QED) is 0.663. The van der Waals surface area contributed by atoms with Crippen molar-refractivity contribution < 1.29 is 4.79 Å². The lowest BCUT2D eigenvalue weighted by molar-refractivity contribution is 0.0789. The number of carbonyl (C=O) groups excluding carboxylic acids is 1. The molecule has 3 aromatic rings. The highest BCUT2D eigenvalue weighted by atomic mass is 35.5. The number of benzene rings is 2. The third kappa shape index (κ3) is 5.07. The summed E-state index contributed by atoms with van der Waals surface area (Å²) in [7, 11) is 0. The van der Waals surface area contributed by atoms with Gasteiger partial charge in [0.05, 0.1) is 23.7 Å². The summed E-state index contributed by atoms with van der Waals surface area (Å²) in [5.74, 6) is 0.0979. The molecule has 1 saturated heterocycles. The maximum atomic E-state index is 12.6. The molecule has 6 nitrogen and oxygen atoms in total. The first-order chi connectivity index (χ1) is 14.2. The van der Waals surface area contributed by atoms with Crippen LogP contribution in [0.25, 0.3) is 0 Å². The predicted molar refractivity (Wildman–Crippen MR) is 117 cm³/mol. The minimum absolute atomic E-state index is 0. The number of hydrogen-bond acceptors (Lipinski definition) is 4. The van der Waals surface area contributed by atoms with Gasteiger partial charge in [0.25, 0.3) is 5.91 Å². The summed E-state index contributed by atoms with van der Waals surface area (Å²) >= 11 is 0. The van der Waals surface area contributed by atoms with Gasteiger partial charge < -0.3 is 14.8 Å². The summed E-state index contributed by atoms with van der Waals surface area (Å²) in [4.78, 5) is 18.8. The number of rotatable bonds is 6. The summed E-state index contributed by atoms with van der Waals surface area (Å²) in [6, 6.07) is 19.5. The topological polar surface area (TPSA) is 74.0 Å². The molecule has 4 rings (SSSR count). The molecule has 0 radical (unpaired) electrons. The Kier molecular flexibility index (Phi) is 7.23. The molecule has 0 unspecified atom stereocenters. The van der Waals surface area contributed by atoms with Gasteiger partial charge in [0, 0.05) is 44.0 Å². The molecule has 2 aromatic carbocycles. The van der Waals surface area contributed by atoms with Crippen molar-refractivity contribution >= 4 is 18.3 Å². The molecule has 1 aliphatic heterocycles. The molecular weight excluding hydrogens is 398 g/mol. The first-order valence-electron chi connectivity index (χ1n) is 9.78. The van der Waals surface area contributed by atoms with Crippen LogP contribution in [0, 0.1) is 11.3 Å². The van der Waals surface area contributed by atoms with Crippen molar-refractivity contribution in [1.82, 2.24) is 19.8 Å². The smallest absolute Gasteiger partial charge is 0.253 e. The molecule has 1 atom stereocenters. The monoisotopic (exact) mass is 421 g/mol. The van der Waals surface area contributed by atoms with E-state index in [1.165, 1.54) is 0 Å². The Hall–Kier alpha value is -3.14. The van der Waals surface area contributed by atoms with E-state index in [9.17, 15) is 4.79 Å². The van der Waals surface area contributed by atoms with Crippen LogP contribution in [-0.4, -0.2) is 39.5 Å². The van der Waals surface area contributed by atoms with Gasteiger partial charge in [-0.2, -0.15) is 5.26 Å². The number of hydrogen-bond donors (Lipinski definition) is 1. The Morgan fingerprint density at radius 3 is 2.67 bits per heavy atom. The lowest BCUT2D eigenvalue weighted by Crippen LogP contribution is -2.35. The molecule has 1 N–H and O–H groups in total. The van der Waals surface area contributed by atoms with Gasteiger partial charge >= 0.3 is 0 Å². The molecule has 154 valence electrons. The van der Waals surface area contributed by atoms with Crippen molar-refractivity contribution in [3.8, 4) is 6.07 Å². The fourth-order valence-electron chi connectivity index (χ4n) is 3.64. The zero-order valence-corrected chi connectivity index (χ0v) is 17.4. The molecule has 0 bridgehead atoms. The number of likely N-dealkylation sites (tertiary alicyclic amines) is 1. The highest BCUT2D eigenvalue weighted by Gasteiger charge is 2.26. The van der Waals surface area contributed by atoms with Crippen LogP contribution < -0.4 is 5.32 Å². The van der Waals surface area contributed by atoms with Gasteiger partial charge in [-0.05, 0) is 36.2 Å². The SMILES string of the molecule is Cl.N#Cc1ccc(Cn2cncc2CN[C@@H]2CCN(C(=O)c3ccccc3)C2)cc1. The van der Waals surface area contributed by atoms with Crippen LogP contribution in [0.3, 0.4) is 0 Å². The largest absolute Gasteiger partial charge is 0.337 e. The van der Waals surface area contributed by atoms with E-state index in [1.807, 2.05) is 72.0 Å². The predicted octanol–water partition coefficient (Wildman–Crippen LogP) is 3.23. The van der Waals surface area contributed by atoms with E-state index in [1.54, 1.807) is 0 Å². The number of imidazole rings is 1. The lowest BCUT2D eigenvalue weighted by Gasteiger charge is -2.17. The molecule has 0 spiro atoms. The Labute approximate surface area is 182 Å². The van der Waals surface area contributed by atoms with Crippen LogP contribution in [0.15, 0.2) is 67.1 Å². The van der Waals surface area contributed by atoms with E-state index < -0.39 is 0 Å². The Bertz CT molecular complexity index is 1010. The number of amides is 1. The third-order valence-electron chi connectivity index (χ3n) is 5.30. The minimum atomic E-state index is 0. The fourth-order valence-corrected chi connectivity index (χ4v) is 3.64. The van der Waals surface area contributed by atoms with Crippen LogP contribution in [0.5, 0.6) is 0 Å². The van der Waals surface area contributed by atoms with Crippen molar-refractivity contribution in [3.05, 3.63) is 89.5 Å². The molecule has 1 amide bonds. The molecule has 1 fully saturated rings. The van der Waals surface area contributed by atoms with Crippen molar-refractivity contribution in [1.29, 1.82) is 5.26 Å². The highest BCUT2D eigenvalue weighted by Crippen LogP contribution is 2.15. The molecule has 30 heavy (non-hydrogen) atoms. The third-order valence-corrected chi connectivity index (χ3v) is 5.30. The van der Waals surface area contributed by atoms with Crippen molar-refractivity contribution in [2.75, 3.05) is 13.1 Å². The van der Waals surface area contributed by atoms with Crippen LogP contribution >= 0.6 is 12.4 Å². The van der Waals surface area contributed by atoms with Gasteiger partial charge in [-0.3, -0.25) is 4.79 Å². The van der Waals surface area contributed by atoms with Crippen LogP contribution in [0.2, 0.25) is 0 Å². The van der Waals surface area contributed by atoms with E-state index in [0.717, 1.165) is 36.3 Å². The summed E-state index contributed by atoms with van der Waals surface area (Å²) in [5, 5.41) is 12.5. The summed E-state index contributed by atoms with van der Waals surface area (Å²) < 4.78 is 2.11. The molecular formula is C23H24ClN5O. The molecule has 0 saturated carbocycles. The van der Waals surface area contributed by atoms with Crippen LogP contribution in [0.1, 0.15) is 33.6 Å². The van der Waals surface area contributed by atoms with E-state index >= 15 is 0 Å². The van der Waals surface area contributed by atoms with Crippen molar-refractivity contribution in [3.63, 3.8) is 0 Å². The van der Waals surface area contributed by atoms with Crippen LogP contribution in [-0.2, 0) is 13.1 Å². The molecule has 1 aliphatic rings. The normalized spacial score (nSPS) is 15.4. The van der Waals surface area contributed by atoms with E-state index in [2.05, 4.69) is 20.9 Å². The number of nitrogens with zero attached hydrogens (tertiary/aromatic N) is 4. The highest BCUT2D eigenvalue weighted by molar-refractivity contribution is 5.94. The Balaban J connectivity index is 0.00000256. The summed E-state index contributed by atoms with van der Waals surface area (Å²) in [6.07, 6.45) is 4.65. The molecule has 7 heteroatoms. The summed E-state index contributed by atoms with van der Waals surface area (Å²) in [5.41, 5.74) is 3.64. The maximum Gasteiger partial charge on any atom is 0.253 e. The van der Waals surface area contributed by atoms with Gasteiger partial charge in [0.15, 0.2) is 0 Å². The van der Waals surface area contributed by atoms with E-state index in [0.29, 0.717) is 18.7 Å². The van der Waals surface area contributed by atoms with Gasteiger partial charge in [-0.1, -0.05) is 30.3 Å². The average molecular weight is 422 g/mol. The van der Waals surface area contributed by atoms with Gasteiger partial charge in [-0.15, -0.1) is 12.4 Å². The van der Waals surface area contributed by atoms with Crippen LogP contribution in [0.4, 0.5) is 0 Å². The Morgan fingerprint density at radius 2 is 1.93 bits per heavy atom. The average Bonchev–Trinajstić information content (AvgIpc) is 3.42. The number of carbonyl (C=O) groups is 1. The van der Waals surface area contributed by atoms with Gasteiger partial charge in [0.1, 0.15) is 0 Å². The standard InChI is InChI=1S/C23H23N5O.ClH/c24-12-18-6-8-19(9-7-18)15-28-17-25-13-22(28)14-26-21-10-11-27(16-21)23(29)20-4-2-1-3-5-20;/h1-9,13,17,21,26H,10-11,14-16H2;1H/t21-;/m1./s1. The molecule has 2 heterocycles. The number of aromatic nitrogens is 2. The van der Waals surface area contributed by atoms with Gasteiger partial charge in [0.2, 0.25) is 0 Å². The van der Waals surface area contributed by atoms with E-state index in [4.69, 9.17) is 5.26 Å². The number of nitrogens with one attached hydrogen (secondary N) is 1. The van der Waals surface area contributed by atoms with Crippen molar-refractivity contribution in [2.24, 2.45) is 0 Å². The fraction of sp³-hybridized carbons (Fsp3) is 0.261. The maximum absolute atomic E-state index is 12.6. The minimum Gasteiger partial charge on any atom is -0.337 e. The summed E-state index contributed by atoms with van der Waals surface area (Å²) in [6.45, 7) is 2.91. The lowest BCUT2D eigenvalue weighted by atomic mass is 10.1. The number of halogens is 1. The first kappa shape index (κ1) is 21.6. The van der Waals surface area contributed by atoms with E-state index in [-0.39, 0.29) is 24.4 Å². The zero-order valence-electron chi connectivity index (χ0n) is 16.6. The molecule has 0 aliphatic carbocycles. The second kappa shape index (κ2) is 10.1. The number of nitriles is 1. The van der Waals surface area contributed by atoms with Gasteiger partial charge in [-0.25, -0.2) is 4.98 Å².